The second-order valence-electron chi connectivity index (χ2n) is 7.64. The van der Waals surface area contributed by atoms with Crippen molar-refractivity contribution in [3.63, 3.8) is 0 Å². The number of halogens is 3. The molecule has 0 unspecified atom stereocenters. The van der Waals surface area contributed by atoms with Crippen LogP contribution in [0.5, 0.6) is 5.75 Å². The Hall–Kier alpha value is -2.36. The van der Waals surface area contributed by atoms with Gasteiger partial charge in [-0.25, -0.2) is 4.98 Å². The van der Waals surface area contributed by atoms with E-state index >= 15 is 0 Å². The van der Waals surface area contributed by atoms with Crippen LogP contribution >= 0.6 is 11.3 Å². The standard InChI is InChI=1S/C18H19F3N2O4S/c1-16(2)10(6-7-17(16,3)14(25)26)13(24)23-15-22-11-5-4-9(8-12(11)28-15)27-18(19,20)21/h4-5,8,10H,6-7H2,1-3H3,(H,25,26)(H,22,23,24)/t10-,17-/m1/s1. The van der Waals surface area contributed by atoms with Gasteiger partial charge in [0.05, 0.1) is 15.6 Å². The summed E-state index contributed by atoms with van der Waals surface area (Å²) >= 11 is 1.02. The molecule has 0 spiro atoms. The van der Waals surface area contributed by atoms with Gasteiger partial charge in [-0.1, -0.05) is 25.2 Å². The number of aromatic nitrogens is 1. The number of carbonyl (C=O) groups excluding carboxylic acids is 1. The third kappa shape index (κ3) is 3.52. The van der Waals surface area contributed by atoms with Crippen LogP contribution in [-0.4, -0.2) is 28.3 Å². The number of thiazole rings is 1. The smallest absolute Gasteiger partial charge is 0.481 e. The summed E-state index contributed by atoms with van der Waals surface area (Å²) in [6, 6.07) is 3.74. The van der Waals surface area contributed by atoms with Gasteiger partial charge >= 0.3 is 12.3 Å². The number of carboxylic acid groups (broad SMARTS) is 1. The molecule has 10 heteroatoms. The summed E-state index contributed by atoms with van der Waals surface area (Å²) in [6.45, 7) is 5.16. The molecular weight excluding hydrogens is 397 g/mol. The Morgan fingerprint density at radius 3 is 2.57 bits per heavy atom. The minimum absolute atomic E-state index is 0.240. The van der Waals surface area contributed by atoms with E-state index in [0.29, 0.717) is 23.1 Å². The van der Waals surface area contributed by atoms with Crippen LogP contribution in [0, 0.1) is 16.7 Å². The third-order valence-corrected chi connectivity index (χ3v) is 6.77. The highest BCUT2D eigenvalue weighted by atomic mass is 32.1. The molecule has 1 saturated carbocycles. The molecule has 1 aromatic heterocycles. The minimum atomic E-state index is -4.79. The van der Waals surface area contributed by atoms with Gasteiger partial charge in [-0.2, -0.15) is 0 Å². The molecule has 2 aromatic rings. The number of ether oxygens (including phenoxy) is 1. The maximum Gasteiger partial charge on any atom is 0.573 e. The number of anilines is 1. The molecule has 0 aliphatic heterocycles. The van der Waals surface area contributed by atoms with E-state index in [4.69, 9.17) is 0 Å². The van der Waals surface area contributed by atoms with Crippen LogP contribution in [0.1, 0.15) is 33.6 Å². The second kappa shape index (κ2) is 6.61. The number of rotatable bonds is 4. The number of aliphatic carboxylic acids is 1. The summed E-state index contributed by atoms with van der Waals surface area (Å²) in [5.74, 6) is -2.17. The normalized spacial score (nSPS) is 24.3. The Balaban J connectivity index is 1.79. The summed E-state index contributed by atoms with van der Waals surface area (Å²) in [5.41, 5.74) is -1.37. The van der Waals surface area contributed by atoms with Gasteiger partial charge < -0.3 is 15.2 Å². The van der Waals surface area contributed by atoms with Crippen molar-refractivity contribution in [2.75, 3.05) is 5.32 Å². The molecule has 152 valence electrons. The lowest BCUT2D eigenvalue weighted by atomic mass is 9.65. The van der Waals surface area contributed by atoms with Crippen LogP contribution in [0.15, 0.2) is 18.2 Å². The monoisotopic (exact) mass is 416 g/mol. The molecule has 1 aliphatic carbocycles. The summed E-state index contributed by atoms with van der Waals surface area (Å²) in [7, 11) is 0. The molecule has 2 N–H and O–H groups in total. The van der Waals surface area contributed by atoms with Crippen LogP contribution in [-0.2, 0) is 9.59 Å². The Bertz CT molecular complexity index is 941. The number of carbonyl (C=O) groups is 2. The van der Waals surface area contributed by atoms with Gasteiger partial charge in [-0.15, -0.1) is 13.2 Å². The number of nitrogens with one attached hydrogen (secondary N) is 1. The zero-order chi connectivity index (χ0) is 20.9. The van der Waals surface area contributed by atoms with Crippen LogP contribution in [0.25, 0.3) is 10.2 Å². The van der Waals surface area contributed by atoms with Crippen LogP contribution in [0.2, 0.25) is 0 Å². The van der Waals surface area contributed by atoms with Gasteiger partial charge in [-0.3, -0.25) is 9.59 Å². The number of carboxylic acids is 1. The van der Waals surface area contributed by atoms with E-state index in [0.717, 1.165) is 17.4 Å². The van der Waals surface area contributed by atoms with E-state index in [9.17, 15) is 27.9 Å². The van der Waals surface area contributed by atoms with Gasteiger partial charge in [0.1, 0.15) is 5.75 Å². The maximum atomic E-state index is 12.8. The molecule has 28 heavy (non-hydrogen) atoms. The van der Waals surface area contributed by atoms with E-state index in [1.165, 1.54) is 12.1 Å². The zero-order valence-electron chi connectivity index (χ0n) is 15.4. The van der Waals surface area contributed by atoms with Crippen molar-refractivity contribution in [3.05, 3.63) is 18.2 Å². The number of benzene rings is 1. The van der Waals surface area contributed by atoms with E-state index < -0.39 is 29.1 Å². The zero-order valence-corrected chi connectivity index (χ0v) is 16.2. The maximum absolute atomic E-state index is 12.8. The summed E-state index contributed by atoms with van der Waals surface area (Å²) in [5, 5.41) is 12.5. The lowest BCUT2D eigenvalue weighted by molar-refractivity contribution is -0.274. The van der Waals surface area contributed by atoms with Crippen molar-refractivity contribution < 1.29 is 32.6 Å². The topological polar surface area (TPSA) is 88.5 Å². The Kier molecular flexibility index (Phi) is 4.81. The molecule has 0 radical (unpaired) electrons. The second-order valence-corrected chi connectivity index (χ2v) is 8.67. The predicted octanol–water partition coefficient (Wildman–Crippen LogP) is 4.66. The average molecular weight is 416 g/mol. The first kappa shape index (κ1) is 20.4. The molecule has 0 bridgehead atoms. The first-order valence-electron chi connectivity index (χ1n) is 8.54. The van der Waals surface area contributed by atoms with Crippen molar-refractivity contribution in [2.24, 2.45) is 16.7 Å². The number of fused-ring (bicyclic) bond motifs is 1. The molecule has 0 saturated heterocycles. The largest absolute Gasteiger partial charge is 0.573 e. The highest BCUT2D eigenvalue weighted by Crippen LogP contribution is 2.56. The fraction of sp³-hybridized carbons (Fsp3) is 0.500. The molecular formula is C18H19F3N2O4S. The summed E-state index contributed by atoms with van der Waals surface area (Å²) < 4.78 is 41.4. The Morgan fingerprint density at radius 2 is 2.00 bits per heavy atom. The lowest BCUT2D eigenvalue weighted by Crippen LogP contribution is -2.43. The number of hydrogen-bond acceptors (Lipinski definition) is 5. The fourth-order valence-electron chi connectivity index (χ4n) is 3.69. The SMILES string of the molecule is CC1(C)[C@@H](C(=O)Nc2nc3ccc(OC(F)(F)F)cc3s2)CC[C@]1(C)C(=O)O. The third-order valence-electron chi connectivity index (χ3n) is 5.84. The molecule has 2 atom stereocenters. The molecule has 1 fully saturated rings. The van der Waals surface area contributed by atoms with Gasteiger partial charge in [-0.05, 0) is 37.3 Å². The average Bonchev–Trinajstić information content (AvgIpc) is 3.04. The van der Waals surface area contributed by atoms with Crippen molar-refractivity contribution in [2.45, 2.75) is 40.0 Å². The first-order valence-corrected chi connectivity index (χ1v) is 9.36. The minimum Gasteiger partial charge on any atom is -0.481 e. The number of alkyl halides is 3. The number of nitrogens with zero attached hydrogens (tertiary/aromatic N) is 1. The number of hydrogen-bond donors (Lipinski definition) is 2. The molecule has 1 aromatic carbocycles. The van der Waals surface area contributed by atoms with E-state index in [-0.39, 0.29) is 16.8 Å². The predicted molar refractivity (Wildman–Crippen MR) is 97.2 cm³/mol. The fourth-order valence-corrected chi connectivity index (χ4v) is 4.59. The highest BCUT2D eigenvalue weighted by Gasteiger charge is 2.58. The van der Waals surface area contributed by atoms with Crippen LogP contribution in [0.4, 0.5) is 18.3 Å². The van der Waals surface area contributed by atoms with E-state index in [2.05, 4.69) is 15.0 Å². The first-order chi connectivity index (χ1) is 12.8. The Morgan fingerprint density at radius 1 is 1.32 bits per heavy atom. The quantitative estimate of drug-likeness (QED) is 0.757. The van der Waals surface area contributed by atoms with Gasteiger partial charge in [0, 0.05) is 12.0 Å². The van der Waals surface area contributed by atoms with Crippen molar-refractivity contribution in [3.8, 4) is 5.75 Å². The molecule has 1 aliphatic rings. The number of amides is 1. The highest BCUT2D eigenvalue weighted by molar-refractivity contribution is 7.22. The molecule has 3 rings (SSSR count). The van der Waals surface area contributed by atoms with E-state index in [1.54, 1.807) is 20.8 Å². The molecule has 1 amide bonds. The van der Waals surface area contributed by atoms with Crippen LogP contribution < -0.4 is 10.1 Å². The van der Waals surface area contributed by atoms with Crippen molar-refractivity contribution >= 4 is 38.6 Å². The van der Waals surface area contributed by atoms with E-state index in [1.807, 2.05) is 0 Å². The van der Waals surface area contributed by atoms with Crippen molar-refractivity contribution in [1.29, 1.82) is 0 Å². The molecule has 1 heterocycles. The van der Waals surface area contributed by atoms with Crippen molar-refractivity contribution in [1.82, 2.24) is 4.98 Å². The van der Waals surface area contributed by atoms with Crippen LogP contribution in [0.3, 0.4) is 0 Å². The van der Waals surface area contributed by atoms with Gasteiger partial charge in [0.25, 0.3) is 0 Å². The Labute approximate surface area is 162 Å². The summed E-state index contributed by atoms with van der Waals surface area (Å²) in [4.78, 5) is 28.7. The summed E-state index contributed by atoms with van der Waals surface area (Å²) in [6.07, 6.45) is -3.98. The lowest BCUT2D eigenvalue weighted by Gasteiger charge is -2.37. The molecule has 6 nitrogen and oxygen atoms in total. The van der Waals surface area contributed by atoms with Gasteiger partial charge in [0.2, 0.25) is 5.91 Å². The van der Waals surface area contributed by atoms with Gasteiger partial charge in [0.15, 0.2) is 5.13 Å².